The monoisotopic (exact) mass is 775 g/mol. The molecule has 2 aromatic rings. The van der Waals surface area contributed by atoms with E-state index >= 15 is 0 Å². The molecule has 2 amide bonds. The van der Waals surface area contributed by atoms with Crippen molar-refractivity contribution in [1.82, 2.24) is 20.4 Å². The number of hydrogen-bond acceptors (Lipinski definition) is 8. The van der Waals surface area contributed by atoms with Crippen LogP contribution in [0.2, 0.25) is 0 Å². The largest absolute Gasteiger partial charge is 0.467 e. The second kappa shape index (κ2) is 18.2. The first-order valence-electron chi connectivity index (χ1n) is 20.6. The van der Waals surface area contributed by atoms with Crippen molar-refractivity contribution in [2.45, 2.75) is 179 Å². The molecule has 0 spiro atoms. The molecule has 2 N–H and O–H groups in total. The first-order chi connectivity index (χ1) is 26.2. The van der Waals surface area contributed by atoms with Crippen LogP contribution in [0.5, 0.6) is 0 Å². The van der Waals surface area contributed by atoms with Crippen molar-refractivity contribution < 1.29 is 28.7 Å². The molecule has 2 fully saturated rings. The zero-order valence-electron chi connectivity index (χ0n) is 36.0. The Hall–Kier alpha value is -3.76. The van der Waals surface area contributed by atoms with Crippen LogP contribution in [0, 0.1) is 0 Å². The van der Waals surface area contributed by atoms with Crippen LogP contribution in [0.1, 0.15) is 144 Å². The minimum Gasteiger partial charge on any atom is -0.467 e. The van der Waals surface area contributed by atoms with Crippen molar-refractivity contribution >= 4 is 23.8 Å². The van der Waals surface area contributed by atoms with Gasteiger partial charge in [-0.2, -0.15) is 0 Å². The highest BCUT2D eigenvalue weighted by Crippen LogP contribution is 2.46. The van der Waals surface area contributed by atoms with Crippen LogP contribution in [0.15, 0.2) is 60.7 Å². The Morgan fingerprint density at radius 1 is 0.500 bits per heavy atom. The third kappa shape index (κ3) is 11.0. The summed E-state index contributed by atoms with van der Waals surface area (Å²) in [6.45, 7) is 18.6. The SMILES string of the molecule is COC(=O)C1(NC(=O)CCCCCCCCC(=O)NC2(C(=O)OC)CC(C)(C)N(Cc3ccccc3)C(C)(C)C2)CC(C)(C)N(Cc2ccccc2)C(C)(C)C1. The van der Waals surface area contributed by atoms with Crippen LogP contribution >= 0.6 is 0 Å². The Labute approximate surface area is 336 Å². The van der Waals surface area contributed by atoms with E-state index in [4.69, 9.17) is 9.47 Å². The number of ether oxygens (including phenoxy) is 2. The maximum absolute atomic E-state index is 13.4. The van der Waals surface area contributed by atoms with Gasteiger partial charge in [0, 0.05) is 48.1 Å². The van der Waals surface area contributed by atoms with Gasteiger partial charge in [0.15, 0.2) is 0 Å². The summed E-state index contributed by atoms with van der Waals surface area (Å²) in [6, 6.07) is 20.7. The molecule has 0 saturated carbocycles. The van der Waals surface area contributed by atoms with E-state index in [-0.39, 0.29) is 34.0 Å². The van der Waals surface area contributed by atoms with Gasteiger partial charge >= 0.3 is 11.9 Å². The van der Waals surface area contributed by atoms with Gasteiger partial charge in [-0.1, -0.05) is 86.3 Å². The number of carbonyl (C=O) groups is 4. The lowest BCUT2D eigenvalue weighted by atomic mass is 9.68. The van der Waals surface area contributed by atoms with Gasteiger partial charge in [0.25, 0.3) is 0 Å². The van der Waals surface area contributed by atoms with Gasteiger partial charge in [-0.25, -0.2) is 9.59 Å². The molecular weight excluding hydrogens is 705 g/mol. The summed E-state index contributed by atoms with van der Waals surface area (Å²) in [4.78, 5) is 58.4. The van der Waals surface area contributed by atoms with Crippen molar-refractivity contribution in [2.75, 3.05) is 14.2 Å². The molecular formula is C46H70N4O6. The predicted molar refractivity (Wildman–Crippen MR) is 221 cm³/mol. The minimum absolute atomic E-state index is 0.132. The Bertz CT molecular complexity index is 1480. The van der Waals surface area contributed by atoms with E-state index in [0.717, 1.165) is 38.8 Å². The summed E-state index contributed by atoms with van der Waals surface area (Å²) in [5, 5.41) is 6.31. The molecule has 310 valence electrons. The number of amides is 2. The number of unbranched alkanes of at least 4 members (excludes halogenated alkanes) is 5. The fraction of sp³-hybridized carbons (Fsp3) is 0.652. The molecule has 2 heterocycles. The lowest BCUT2D eigenvalue weighted by Gasteiger charge is -2.58. The molecule has 0 unspecified atom stereocenters. The van der Waals surface area contributed by atoms with Crippen LogP contribution in [0.3, 0.4) is 0 Å². The Balaban J connectivity index is 1.23. The number of nitrogens with zero attached hydrogens (tertiary/aromatic N) is 2. The van der Waals surface area contributed by atoms with Crippen LogP contribution < -0.4 is 10.6 Å². The van der Waals surface area contributed by atoms with Gasteiger partial charge in [0.2, 0.25) is 11.8 Å². The second-order valence-corrected chi connectivity index (χ2v) is 19.0. The van der Waals surface area contributed by atoms with Crippen molar-refractivity contribution in [3.05, 3.63) is 71.8 Å². The lowest BCUT2D eigenvalue weighted by Crippen LogP contribution is -2.71. The standard InChI is InChI=1S/C46H70N4O6/c1-41(2)31-45(39(53)55-9,32-42(3,4)49(41)29-35-23-17-15-18-24-35)47-37(51)27-21-13-11-12-14-22-28-38(52)48-46(40(54)56-10)33-43(5,6)50(44(7,8)34-46)30-36-25-19-16-20-26-36/h15-20,23-26H,11-14,21-22,27-34H2,1-10H3,(H,47,51)(H,48,52). The second-order valence-electron chi connectivity index (χ2n) is 19.0. The number of esters is 2. The molecule has 0 atom stereocenters. The summed E-state index contributed by atoms with van der Waals surface area (Å²) in [5.74, 6) is -1.05. The van der Waals surface area contributed by atoms with E-state index in [2.05, 4.69) is 100 Å². The third-order valence-electron chi connectivity index (χ3n) is 12.2. The average molecular weight is 775 g/mol. The highest BCUT2D eigenvalue weighted by Gasteiger charge is 2.58. The van der Waals surface area contributed by atoms with E-state index in [9.17, 15) is 19.2 Å². The average Bonchev–Trinajstić information content (AvgIpc) is 3.12. The number of rotatable bonds is 17. The predicted octanol–water partition coefficient (Wildman–Crippen LogP) is 7.87. The van der Waals surface area contributed by atoms with Crippen molar-refractivity contribution in [3.63, 3.8) is 0 Å². The molecule has 0 radical (unpaired) electrons. The van der Waals surface area contributed by atoms with Gasteiger partial charge in [-0.3, -0.25) is 19.4 Å². The molecule has 0 aliphatic carbocycles. The Morgan fingerprint density at radius 2 is 0.786 bits per heavy atom. The first-order valence-corrected chi connectivity index (χ1v) is 20.6. The molecule has 10 heteroatoms. The highest BCUT2D eigenvalue weighted by molar-refractivity contribution is 5.89. The Kier molecular flexibility index (Phi) is 14.6. The smallest absolute Gasteiger partial charge is 0.331 e. The van der Waals surface area contributed by atoms with Gasteiger partial charge < -0.3 is 20.1 Å². The summed E-state index contributed by atoms with van der Waals surface area (Å²) < 4.78 is 10.6. The fourth-order valence-electron chi connectivity index (χ4n) is 10.4. The summed E-state index contributed by atoms with van der Waals surface area (Å²) in [6.07, 6.45) is 7.53. The van der Waals surface area contributed by atoms with E-state index in [1.807, 2.05) is 36.4 Å². The van der Waals surface area contributed by atoms with E-state index in [1.165, 1.54) is 25.3 Å². The molecule has 2 aliphatic rings. The van der Waals surface area contributed by atoms with Crippen LogP contribution in [0.4, 0.5) is 0 Å². The van der Waals surface area contributed by atoms with Gasteiger partial charge in [-0.05, 0) is 105 Å². The molecule has 2 aliphatic heterocycles. The normalized spacial score (nSPS) is 20.7. The number of likely N-dealkylation sites (tertiary alicyclic amines) is 2. The minimum atomic E-state index is -1.11. The molecule has 56 heavy (non-hydrogen) atoms. The van der Waals surface area contributed by atoms with E-state index in [1.54, 1.807) is 0 Å². The number of piperidine rings is 2. The summed E-state index contributed by atoms with van der Waals surface area (Å²) in [5.41, 5.74) is -1.35. The van der Waals surface area contributed by atoms with Gasteiger partial charge in [0.05, 0.1) is 14.2 Å². The quantitative estimate of drug-likeness (QED) is 0.123. The van der Waals surface area contributed by atoms with E-state index < -0.39 is 23.0 Å². The fourth-order valence-corrected chi connectivity index (χ4v) is 10.4. The zero-order chi connectivity index (χ0) is 41.4. The number of carbonyl (C=O) groups excluding carboxylic acids is 4. The topological polar surface area (TPSA) is 117 Å². The maximum Gasteiger partial charge on any atom is 0.331 e. The number of benzene rings is 2. The number of nitrogens with one attached hydrogen (secondary N) is 2. The zero-order valence-corrected chi connectivity index (χ0v) is 36.0. The molecule has 0 aromatic heterocycles. The van der Waals surface area contributed by atoms with Crippen LogP contribution in [-0.4, -0.2) is 81.0 Å². The van der Waals surface area contributed by atoms with Crippen LogP contribution in [0.25, 0.3) is 0 Å². The number of hydrogen-bond donors (Lipinski definition) is 2. The number of methoxy groups -OCH3 is 2. The maximum atomic E-state index is 13.4. The summed E-state index contributed by atoms with van der Waals surface area (Å²) >= 11 is 0. The molecule has 10 nitrogen and oxygen atoms in total. The van der Waals surface area contributed by atoms with Crippen molar-refractivity contribution in [2.24, 2.45) is 0 Å². The highest BCUT2D eigenvalue weighted by atomic mass is 16.5. The molecule has 2 saturated heterocycles. The Morgan fingerprint density at radius 3 is 1.07 bits per heavy atom. The summed E-state index contributed by atoms with van der Waals surface area (Å²) in [7, 11) is 2.79. The van der Waals surface area contributed by atoms with Crippen molar-refractivity contribution in [1.29, 1.82) is 0 Å². The van der Waals surface area contributed by atoms with E-state index in [0.29, 0.717) is 51.4 Å². The third-order valence-corrected chi connectivity index (χ3v) is 12.2. The molecule has 0 bridgehead atoms. The van der Waals surface area contributed by atoms with Gasteiger partial charge in [-0.15, -0.1) is 0 Å². The molecule has 2 aromatic carbocycles. The van der Waals surface area contributed by atoms with Gasteiger partial charge in [0.1, 0.15) is 11.1 Å². The molecule has 4 rings (SSSR count). The first kappa shape index (κ1) is 44.9. The lowest BCUT2D eigenvalue weighted by molar-refractivity contribution is -0.163. The van der Waals surface area contributed by atoms with Crippen LogP contribution in [-0.2, 0) is 41.7 Å². The van der Waals surface area contributed by atoms with Crippen molar-refractivity contribution in [3.8, 4) is 0 Å².